The predicted octanol–water partition coefficient (Wildman–Crippen LogP) is 2.43. The summed E-state index contributed by atoms with van der Waals surface area (Å²) in [5.74, 6) is 0.459. The molecule has 0 saturated heterocycles. The fourth-order valence-corrected chi connectivity index (χ4v) is 2.32. The molecule has 5 heteroatoms. The van der Waals surface area contributed by atoms with E-state index >= 15 is 0 Å². The van der Waals surface area contributed by atoms with Gasteiger partial charge in [-0.2, -0.15) is 0 Å². The standard InChI is InChI=1S/C16H22N4O/c1-4-9-20-10-8-18-15(16(20)21)19(3)12(2)13-6-5-7-14(17)11-13/h5-8,10-12H,4,9,17H2,1-3H3. The summed E-state index contributed by atoms with van der Waals surface area (Å²) < 4.78 is 1.70. The first kappa shape index (κ1) is 15.1. The molecule has 0 aliphatic rings. The molecule has 2 rings (SSSR count). The van der Waals surface area contributed by atoms with Crippen LogP contribution in [0.3, 0.4) is 0 Å². The zero-order valence-electron chi connectivity index (χ0n) is 12.8. The Kier molecular flexibility index (Phi) is 4.62. The van der Waals surface area contributed by atoms with Crippen LogP contribution in [0.1, 0.15) is 31.9 Å². The van der Waals surface area contributed by atoms with Crippen LogP contribution >= 0.6 is 0 Å². The topological polar surface area (TPSA) is 64.2 Å². The molecule has 1 aromatic heterocycles. The van der Waals surface area contributed by atoms with Gasteiger partial charge < -0.3 is 15.2 Å². The molecule has 0 radical (unpaired) electrons. The quantitative estimate of drug-likeness (QED) is 0.857. The second-order valence-corrected chi connectivity index (χ2v) is 5.21. The molecular weight excluding hydrogens is 264 g/mol. The first-order valence-corrected chi connectivity index (χ1v) is 7.18. The SMILES string of the molecule is CCCn1ccnc(N(C)C(C)c2cccc(N)c2)c1=O. The van der Waals surface area contributed by atoms with E-state index in [1.165, 1.54) is 0 Å². The lowest BCUT2D eigenvalue weighted by Gasteiger charge is -2.26. The van der Waals surface area contributed by atoms with Crippen molar-refractivity contribution in [2.75, 3.05) is 17.7 Å². The van der Waals surface area contributed by atoms with Crippen LogP contribution in [0.25, 0.3) is 0 Å². The summed E-state index contributed by atoms with van der Waals surface area (Å²) in [6.07, 6.45) is 4.32. The molecule has 21 heavy (non-hydrogen) atoms. The number of nitrogens with zero attached hydrogens (tertiary/aromatic N) is 3. The highest BCUT2D eigenvalue weighted by atomic mass is 16.1. The molecule has 0 aliphatic carbocycles. The Labute approximate surface area is 125 Å². The van der Waals surface area contributed by atoms with Crippen molar-refractivity contribution in [2.45, 2.75) is 32.9 Å². The Balaban J connectivity index is 2.33. The fourth-order valence-electron chi connectivity index (χ4n) is 2.32. The van der Waals surface area contributed by atoms with Crippen LogP contribution in [0.2, 0.25) is 0 Å². The maximum atomic E-state index is 12.4. The van der Waals surface area contributed by atoms with E-state index in [1.54, 1.807) is 17.0 Å². The van der Waals surface area contributed by atoms with Gasteiger partial charge in [-0.25, -0.2) is 4.98 Å². The maximum absolute atomic E-state index is 12.4. The third kappa shape index (κ3) is 3.24. The van der Waals surface area contributed by atoms with Crippen molar-refractivity contribution in [2.24, 2.45) is 0 Å². The van der Waals surface area contributed by atoms with Crippen molar-refractivity contribution in [3.05, 3.63) is 52.6 Å². The smallest absolute Gasteiger partial charge is 0.293 e. The highest BCUT2D eigenvalue weighted by molar-refractivity contribution is 5.45. The number of anilines is 2. The van der Waals surface area contributed by atoms with Crippen LogP contribution in [-0.4, -0.2) is 16.6 Å². The minimum Gasteiger partial charge on any atom is -0.399 e. The molecule has 0 spiro atoms. The molecular formula is C16H22N4O. The molecule has 2 aromatic rings. The third-order valence-corrected chi connectivity index (χ3v) is 3.67. The molecule has 2 N–H and O–H groups in total. The Hall–Kier alpha value is -2.30. The van der Waals surface area contributed by atoms with Gasteiger partial charge in [-0.05, 0) is 31.0 Å². The summed E-state index contributed by atoms with van der Waals surface area (Å²) in [6, 6.07) is 7.72. The Bertz CT molecular complexity index is 665. The monoisotopic (exact) mass is 286 g/mol. The summed E-state index contributed by atoms with van der Waals surface area (Å²) >= 11 is 0. The Morgan fingerprint density at radius 3 is 2.86 bits per heavy atom. The number of nitrogens with two attached hydrogens (primary N) is 1. The molecule has 0 bridgehead atoms. The second-order valence-electron chi connectivity index (χ2n) is 5.21. The van der Waals surface area contributed by atoms with Gasteiger partial charge in [0.25, 0.3) is 5.56 Å². The highest BCUT2D eigenvalue weighted by Crippen LogP contribution is 2.22. The van der Waals surface area contributed by atoms with E-state index in [0.717, 1.165) is 17.7 Å². The Morgan fingerprint density at radius 2 is 2.19 bits per heavy atom. The molecule has 5 nitrogen and oxygen atoms in total. The average Bonchev–Trinajstić information content (AvgIpc) is 2.48. The zero-order valence-corrected chi connectivity index (χ0v) is 12.8. The van der Waals surface area contributed by atoms with E-state index in [1.807, 2.05) is 50.1 Å². The van der Waals surface area contributed by atoms with Crippen molar-refractivity contribution in [1.82, 2.24) is 9.55 Å². The van der Waals surface area contributed by atoms with Crippen molar-refractivity contribution in [1.29, 1.82) is 0 Å². The summed E-state index contributed by atoms with van der Waals surface area (Å²) in [7, 11) is 1.88. The van der Waals surface area contributed by atoms with Crippen LogP contribution in [0.4, 0.5) is 11.5 Å². The summed E-state index contributed by atoms with van der Waals surface area (Å²) in [5, 5.41) is 0. The summed E-state index contributed by atoms with van der Waals surface area (Å²) in [6.45, 7) is 4.79. The minimum absolute atomic E-state index is 0.0196. The maximum Gasteiger partial charge on any atom is 0.293 e. The average molecular weight is 286 g/mol. The van der Waals surface area contributed by atoms with Gasteiger partial charge in [0.05, 0.1) is 6.04 Å². The van der Waals surface area contributed by atoms with Gasteiger partial charge >= 0.3 is 0 Å². The third-order valence-electron chi connectivity index (χ3n) is 3.67. The van der Waals surface area contributed by atoms with E-state index in [-0.39, 0.29) is 11.6 Å². The van der Waals surface area contributed by atoms with Gasteiger partial charge in [-0.15, -0.1) is 0 Å². The number of hydrogen-bond acceptors (Lipinski definition) is 4. The number of rotatable bonds is 5. The summed E-state index contributed by atoms with van der Waals surface area (Å²) in [5.41, 5.74) is 7.55. The van der Waals surface area contributed by atoms with E-state index < -0.39 is 0 Å². The van der Waals surface area contributed by atoms with Crippen LogP contribution in [0.15, 0.2) is 41.5 Å². The molecule has 0 fully saturated rings. The van der Waals surface area contributed by atoms with E-state index in [2.05, 4.69) is 4.98 Å². The number of hydrogen-bond donors (Lipinski definition) is 1. The van der Waals surface area contributed by atoms with Gasteiger partial charge in [0.15, 0.2) is 5.82 Å². The summed E-state index contributed by atoms with van der Waals surface area (Å²) in [4.78, 5) is 18.6. The second kappa shape index (κ2) is 6.43. The Morgan fingerprint density at radius 1 is 1.43 bits per heavy atom. The number of aryl methyl sites for hydroxylation is 1. The van der Waals surface area contributed by atoms with Gasteiger partial charge in [-0.3, -0.25) is 4.79 Å². The van der Waals surface area contributed by atoms with E-state index in [4.69, 9.17) is 5.73 Å². The normalized spacial score (nSPS) is 12.1. The van der Waals surface area contributed by atoms with Crippen LogP contribution in [0.5, 0.6) is 0 Å². The van der Waals surface area contributed by atoms with E-state index in [0.29, 0.717) is 12.4 Å². The van der Waals surface area contributed by atoms with Crippen molar-refractivity contribution < 1.29 is 0 Å². The lowest BCUT2D eigenvalue weighted by atomic mass is 10.1. The van der Waals surface area contributed by atoms with Crippen molar-refractivity contribution >= 4 is 11.5 Å². The lowest BCUT2D eigenvalue weighted by molar-refractivity contribution is 0.635. The van der Waals surface area contributed by atoms with E-state index in [9.17, 15) is 4.79 Å². The molecule has 0 aliphatic heterocycles. The molecule has 0 amide bonds. The van der Waals surface area contributed by atoms with Gasteiger partial charge in [0, 0.05) is 31.7 Å². The molecule has 1 unspecified atom stereocenters. The molecule has 1 heterocycles. The molecule has 112 valence electrons. The van der Waals surface area contributed by atoms with Gasteiger partial charge in [-0.1, -0.05) is 19.1 Å². The first-order chi connectivity index (χ1) is 10.0. The minimum atomic E-state index is -0.0578. The number of nitrogen functional groups attached to an aromatic ring is 1. The first-order valence-electron chi connectivity index (χ1n) is 7.18. The van der Waals surface area contributed by atoms with Crippen molar-refractivity contribution in [3.63, 3.8) is 0 Å². The molecule has 0 saturated carbocycles. The zero-order chi connectivity index (χ0) is 15.4. The molecule has 1 atom stereocenters. The molecule has 1 aromatic carbocycles. The largest absolute Gasteiger partial charge is 0.399 e. The fraction of sp³-hybridized carbons (Fsp3) is 0.375. The lowest BCUT2D eigenvalue weighted by Crippen LogP contribution is -2.32. The van der Waals surface area contributed by atoms with Crippen LogP contribution in [-0.2, 0) is 6.54 Å². The van der Waals surface area contributed by atoms with Crippen LogP contribution < -0.4 is 16.2 Å². The predicted molar refractivity (Wildman–Crippen MR) is 86.5 cm³/mol. The van der Waals surface area contributed by atoms with Gasteiger partial charge in [0.1, 0.15) is 0 Å². The number of aromatic nitrogens is 2. The van der Waals surface area contributed by atoms with Gasteiger partial charge in [0.2, 0.25) is 0 Å². The van der Waals surface area contributed by atoms with Crippen LogP contribution in [0, 0.1) is 0 Å². The van der Waals surface area contributed by atoms with Crippen molar-refractivity contribution in [3.8, 4) is 0 Å². The highest BCUT2D eigenvalue weighted by Gasteiger charge is 2.17. The number of benzene rings is 1.